The van der Waals surface area contributed by atoms with Gasteiger partial charge >= 0.3 is 0 Å². The summed E-state index contributed by atoms with van der Waals surface area (Å²) in [4.78, 5) is 20.5. The molecular formula is C18H22FN3O. The fraction of sp³-hybridized carbons (Fsp3) is 0.389. The van der Waals surface area contributed by atoms with Crippen molar-refractivity contribution in [3.8, 4) is 0 Å². The monoisotopic (exact) mass is 315 g/mol. The van der Waals surface area contributed by atoms with Gasteiger partial charge in [-0.05, 0) is 30.5 Å². The van der Waals surface area contributed by atoms with Crippen molar-refractivity contribution in [1.29, 1.82) is 0 Å². The summed E-state index contributed by atoms with van der Waals surface area (Å²) in [6.45, 7) is 6.63. The molecule has 1 aromatic carbocycles. The van der Waals surface area contributed by atoms with Crippen LogP contribution in [0.15, 0.2) is 36.7 Å². The molecular weight excluding hydrogens is 293 g/mol. The number of carbonyl (C=O) groups excluding carboxylic acids is 1. The quantitative estimate of drug-likeness (QED) is 0.862. The number of carbonyl (C=O) groups is 1. The first kappa shape index (κ1) is 17.1. The molecule has 122 valence electrons. The van der Waals surface area contributed by atoms with E-state index in [1.54, 1.807) is 24.5 Å². The van der Waals surface area contributed by atoms with Crippen molar-refractivity contribution in [2.24, 2.45) is 0 Å². The van der Waals surface area contributed by atoms with Crippen LogP contribution in [0.2, 0.25) is 0 Å². The zero-order valence-electron chi connectivity index (χ0n) is 13.8. The van der Waals surface area contributed by atoms with Crippen molar-refractivity contribution in [3.05, 3.63) is 59.4 Å². The van der Waals surface area contributed by atoms with E-state index >= 15 is 0 Å². The summed E-state index contributed by atoms with van der Waals surface area (Å²) in [5, 5.41) is 2.85. The molecule has 0 aliphatic carbocycles. The Balaban J connectivity index is 1.79. The molecule has 0 radical (unpaired) electrons. The number of nitrogens with zero attached hydrogens (tertiary/aromatic N) is 2. The molecule has 0 saturated heterocycles. The third kappa shape index (κ3) is 5.13. The number of hydrogen-bond donors (Lipinski definition) is 1. The summed E-state index contributed by atoms with van der Waals surface area (Å²) in [6.07, 6.45) is 4.70. The van der Waals surface area contributed by atoms with Gasteiger partial charge in [-0.15, -0.1) is 0 Å². The highest BCUT2D eigenvalue weighted by Gasteiger charge is 2.17. The third-order valence-electron chi connectivity index (χ3n) is 3.43. The number of hydrogen-bond acceptors (Lipinski definition) is 3. The molecule has 2 rings (SSSR count). The lowest BCUT2D eigenvalue weighted by Gasteiger charge is -2.15. The molecule has 0 aliphatic rings. The number of rotatable bonds is 5. The van der Waals surface area contributed by atoms with Crippen molar-refractivity contribution in [2.75, 3.05) is 6.54 Å². The summed E-state index contributed by atoms with van der Waals surface area (Å²) in [6, 6.07) is 6.41. The van der Waals surface area contributed by atoms with Gasteiger partial charge < -0.3 is 5.32 Å². The highest BCUT2D eigenvalue weighted by atomic mass is 19.1. The van der Waals surface area contributed by atoms with Crippen LogP contribution in [-0.2, 0) is 11.8 Å². The topological polar surface area (TPSA) is 54.9 Å². The molecule has 1 N–H and O–H groups in total. The first-order valence-electron chi connectivity index (χ1n) is 7.71. The van der Waals surface area contributed by atoms with Crippen LogP contribution < -0.4 is 5.32 Å². The summed E-state index contributed by atoms with van der Waals surface area (Å²) < 4.78 is 12.8. The minimum atomic E-state index is -0.235. The van der Waals surface area contributed by atoms with E-state index in [2.05, 4.69) is 15.3 Å². The first-order chi connectivity index (χ1) is 10.9. The van der Waals surface area contributed by atoms with E-state index in [1.165, 1.54) is 12.1 Å². The Morgan fingerprint density at radius 1 is 1.13 bits per heavy atom. The third-order valence-corrected chi connectivity index (χ3v) is 3.43. The molecule has 1 amide bonds. The summed E-state index contributed by atoms with van der Waals surface area (Å²) in [5.41, 5.74) is 1.38. The standard InChI is InChI=1S/C18H22FN3O/c1-18(2,3)17-21-11-14(12-22-17)16(23)20-10-4-5-13-6-8-15(19)9-7-13/h6-9,11-12H,4-5,10H2,1-3H3,(H,20,23). The number of aromatic nitrogens is 2. The molecule has 0 saturated carbocycles. The SMILES string of the molecule is CC(C)(C)c1ncc(C(=O)NCCCc2ccc(F)cc2)cn1. The van der Waals surface area contributed by atoms with Crippen LogP contribution in [-0.4, -0.2) is 22.4 Å². The van der Waals surface area contributed by atoms with Crippen LogP contribution >= 0.6 is 0 Å². The van der Waals surface area contributed by atoms with Crippen LogP contribution in [0, 0.1) is 5.82 Å². The van der Waals surface area contributed by atoms with Crippen LogP contribution in [0.5, 0.6) is 0 Å². The predicted molar refractivity (Wildman–Crippen MR) is 87.8 cm³/mol. The number of halogens is 1. The van der Waals surface area contributed by atoms with Crippen LogP contribution in [0.25, 0.3) is 0 Å². The Kier molecular flexibility index (Phi) is 5.42. The normalized spacial score (nSPS) is 11.3. The largest absolute Gasteiger partial charge is 0.352 e. The van der Waals surface area contributed by atoms with Gasteiger partial charge in [0.1, 0.15) is 11.6 Å². The Hall–Kier alpha value is -2.30. The fourth-order valence-electron chi connectivity index (χ4n) is 2.08. The molecule has 0 fully saturated rings. The smallest absolute Gasteiger partial charge is 0.254 e. The number of nitrogens with one attached hydrogen (secondary N) is 1. The predicted octanol–water partition coefficient (Wildman–Crippen LogP) is 3.28. The Morgan fingerprint density at radius 2 is 1.74 bits per heavy atom. The average Bonchev–Trinajstić information content (AvgIpc) is 2.52. The van der Waals surface area contributed by atoms with Crippen molar-refractivity contribution in [1.82, 2.24) is 15.3 Å². The molecule has 0 spiro atoms. The average molecular weight is 315 g/mol. The lowest BCUT2D eigenvalue weighted by molar-refractivity contribution is 0.0952. The summed E-state index contributed by atoms with van der Waals surface area (Å²) >= 11 is 0. The molecule has 23 heavy (non-hydrogen) atoms. The summed E-state index contributed by atoms with van der Waals surface area (Å²) in [5.74, 6) is 0.302. The van der Waals surface area contributed by atoms with Crippen molar-refractivity contribution >= 4 is 5.91 Å². The maximum Gasteiger partial charge on any atom is 0.254 e. The second-order valence-electron chi connectivity index (χ2n) is 6.53. The second kappa shape index (κ2) is 7.31. The lowest BCUT2D eigenvalue weighted by Crippen LogP contribution is -2.26. The van der Waals surface area contributed by atoms with E-state index in [0.717, 1.165) is 18.4 Å². The Morgan fingerprint density at radius 3 is 2.30 bits per heavy atom. The molecule has 0 aliphatic heterocycles. The van der Waals surface area contributed by atoms with E-state index < -0.39 is 0 Å². The minimum Gasteiger partial charge on any atom is -0.352 e. The Labute approximate surface area is 136 Å². The number of benzene rings is 1. The highest BCUT2D eigenvalue weighted by molar-refractivity contribution is 5.93. The maximum absolute atomic E-state index is 12.8. The fourth-order valence-corrected chi connectivity index (χ4v) is 2.08. The lowest BCUT2D eigenvalue weighted by atomic mass is 9.96. The van der Waals surface area contributed by atoms with Gasteiger partial charge in [-0.25, -0.2) is 14.4 Å². The van der Waals surface area contributed by atoms with Gasteiger partial charge in [0.05, 0.1) is 5.56 Å². The zero-order valence-corrected chi connectivity index (χ0v) is 13.8. The van der Waals surface area contributed by atoms with Gasteiger partial charge in [-0.3, -0.25) is 4.79 Å². The molecule has 2 aromatic rings. The van der Waals surface area contributed by atoms with Gasteiger partial charge in [0.2, 0.25) is 0 Å². The Bertz CT molecular complexity index is 645. The molecule has 0 unspecified atom stereocenters. The van der Waals surface area contributed by atoms with Crippen molar-refractivity contribution in [2.45, 2.75) is 39.0 Å². The van der Waals surface area contributed by atoms with Crippen LogP contribution in [0.1, 0.15) is 48.9 Å². The van der Waals surface area contributed by atoms with E-state index in [-0.39, 0.29) is 17.1 Å². The van der Waals surface area contributed by atoms with E-state index in [1.807, 2.05) is 20.8 Å². The van der Waals surface area contributed by atoms with Gasteiger partial charge in [-0.1, -0.05) is 32.9 Å². The van der Waals surface area contributed by atoms with Gasteiger partial charge in [0.15, 0.2) is 0 Å². The second-order valence-corrected chi connectivity index (χ2v) is 6.53. The van der Waals surface area contributed by atoms with Gasteiger partial charge in [0, 0.05) is 24.4 Å². The molecule has 0 bridgehead atoms. The highest BCUT2D eigenvalue weighted by Crippen LogP contribution is 2.17. The molecule has 1 aromatic heterocycles. The van der Waals surface area contributed by atoms with E-state index in [9.17, 15) is 9.18 Å². The molecule has 4 nitrogen and oxygen atoms in total. The molecule has 5 heteroatoms. The van der Waals surface area contributed by atoms with Crippen LogP contribution in [0.4, 0.5) is 4.39 Å². The van der Waals surface area contributed by atoms with E-state index in [4.69, 9.17) is 0 Å². The maximum atomic E-state index is 12.8. The number of aryl methyl sites for hydroxylation is 1. The van der Waals surface area contributed by atoms with Gasteiger partial charge in [0.25, 0.3) is 5.91 Å². The van der Waals surface area contributed by atoms with Gasteiger partial charge in [-0.2, -0.15) is 0 Å². The zero-order chi connectivity index (χ0) is 16.9. The van der Waals surface area contributed by atoms with Crippen LogP contribution in [0.3, 0.4) is 0 Å². The van der Waals surface area contributed by atoms with E-state index in [0.29, 0.717) is 17.9 Å². The number of amides is 1. The molecule has 1 heterocycles. The summed E-state index contributed by atoms with van der Waals surface area (Å²) in [7, 11) is 0. The van der Waals surface area contributed by atoms with Crippen molar-refractivity contribution < 1.29 is 9.18 Å². The van der Waals surface area contributed by atoms with Crippen molar-refractivity contribution in [3.63, 3.8) is 0 Å². The minimum absolute atomic E-state index is 0.135. The first-order valence-corrected chi connectivity index (χ1v) is 7.71. The molecule has 0 atom stereocenters.